The molecule has 1 aliphatic rings. The van der Waals surface area contributed by atoms with Crippen LogP contribution in [0.15, 0.2) is 53.9 Å². The van der Waals surface area contributed by atoms with Crippen LogP contribution < -0.4 is 9.47 Å². The van der Waals surface area contributed by atoms with Gasteiger partial charge in [-0.1, -0.05) is 12.1 Å². The van der Waals surface area contributed by atoms with Gasteiger partial charge < -0.3 is 19.3 Å². The first-order valence-corrected chi connectivity index (χ1v) is 11.8. The molecule has 0 spiro atoms. The van der Waals surface area contributed by atoms with Crippen molar-refractivity contribution in [1.82, 2.24) is 14.8 Å². The Morgan fingerprint density at radius 3 is 2.06 bits per heavy atom. The largest absolute Gasteiger partial charge is 0.497 e. The Labute approximate surface area is 197 Å². The summed E-state index contributed by atoms with van der Waals surface area (Å²) in [7, 11) is 3.26. The number of aromatic nitrogens is 1. The van der Waals surface area contributed by atoms with Crippen molar-refractivity contribution >= 4 is 23.2 Å². The van der Waals surface area contributed by atoms with Crippen molar-refractivity contribution in [3.8, 4) is 22.1 Å². The summed E-state index contributed by atoms with van der Waals surface area (Å²) in [6.07, 6.45) is 1.15. The zero-order chi connectivity index (χ0) is 23.2. The Morgan fingerprint density at radius 1 is 0.879 bits per heavy atom. The van der Waals surface area contributed by atoms with Gasteiger partial charge in [-0.05, 0) is 48.4 Å². The molecule has 2 aromatic carbocycles. The number of thiazole rings is 1. The lowest BCUT2D eigenvalue weighted by Crippen LogP contribution is -2.50. The zero-order valence-corrected chi connectivity index (χ0v) is 19.6. The molecule has 0 radical (unpaired) electrons. The number of hydrogen-bond acceptors (Lipinski definition) is 6. The van der Waals surface area contributed by atoms with E-state index in [1.165, 1.54) is 11.3 Å². The van der Waals surface area contributed by atoms with Crippen molar-refractivity contribution < 1.29 is 19.1 Å². The van der Waals surface area contributed by atoms with Crippen molar-refractivity contribution in [2.45, 2.75) is 12.8 Å². The maximum Gasteiger partial charge on any atom is 0.273 e. The third kappa shape index (κ3) is 5.51. The number of rotatable bonds is 7. The first-order valence-electron chi connectivity index (χ1n) is 10.9. The van der Waals surface area contributed by atoms with E-state index in [-0.39, 0.29) is 11.8 Å². The van der Waals surface area contributed by atoms with Gasteiger partial charge in [0.25, 0.3) is 5.91 Å². The van der Waals surface area contributed by atoms with Crippen LogP contribution in [0.1, 0.15) is 22.5 Å². The first kappa shape index (κ1) is 22.8. The first-order chi connectivity index (χ1) is 16.1. The Morgan fingerprint density at radius 2 is 1.45 bits per heavy atom. The fourth-order valence-electron chi connectivity index (χ4n) is 3.76. The molecule has 0 N–H and O–H groups in total. The van der Waals surface area contributed by atoms with Gasteiger partial charge in [0.15, 0.2) is 0 Å². The lowest BCUT2D eigenvalue weighted by Gasteiger charge is -2.34. The summed E-state index contributed by atoms with van der Waals surface area (Å²) in [5, 5.41) is 2.60. The van der Waals surface area contributed by atoms with Gasteiger partial charge in [-0.3, -0.25) is 9.59 Å². The molecule has 1 fully saturated rings. The van der Waals surface area contributed by atoms with Gasteiger partial charge >= 0.3 is 0 Å². The van der Waals surface area contributed by atoms with Gasteiger partial charge in [0, 0.05) is 43.5 Å². The minimum absolute atomic E-state index is 0.0867. The summed E-state index contributed by atoms with van der Waals surface area (Å²) in [5.74, 6) is 1.62. The average molecular weight is 466 g/mol. The van der Waals surface area contributed by atoms with E-state index in [2.05, 4.69) is 4.98 Å². The minimum Gasteiger partial charge on any atom is -0.497 e. The van der Waals surface area contributed by atoms with Crippen LogP contribution in [0.5, 0.6) is 11.5 Å². The van der Waals surface area contributed by atoms with E-state index in [0.29, 0.717) is 44.7 Å². The quantitative estimate of drug-likeness (QED) is 0.532. The number of ether oxygens (including phenoxy) is 2. The van der Waals surface area contributed by atoms with Crippen LogP contribution in [-0.2, 0) is 11.2 Å². The molecule has 2 heterocycles. The summed E-state index contributed by atoms with van der Waals surface area (Å²) in [4.78, 5) is 33.7. The second kappa shape index (κ2) is 10.5. The van der Waals surface area contributed by atoms with Crippen LogP contribution in [-0.4, -0.2) is 67.0 Å². The van der Waals surface area contributed by atoms with E-state index in [9.17, 15) is 9.59 Å². The molecule has 1 aromatic heterocycles. The predicted molar refractivity (Wildman–Crippen MR) is 128 cm³/mol. The van der Waals surface area contributed by atoms with E-state index in [1.54, 1.807) is 24.5 Å². The summed E-state index contributed by atoms with van der Waals surface area (Å²) >= 11 is 1.45. The van der Waals surface area contributed by atoms with Gasteiger partial charge in [-0.15, -0.1) is 11.3 Å². The number of methoxy groups -OCH3 is 2. The SMILES string of the molecule is COc1ccc(CCC(=O)N2CCN(C(=O)c3csc(-c4ccc(OC)cc4)n3)CC2)cc1. The van der Waals surface area contributed by atoms with Crippen molar-refractivity contribution in [1.29, 1.82) is 0 Å². The summed E-state index contributed by atoms with van der Waals surface area (Å²) in [6.45, 7) is 2.12. The molecule has 0 atom stereocenters. The highest BCUT2D eigenvalue weighted by molar-refractivity contribution is 7.13. The standard InChI is InChI=1S/C25H27N3O4S/c1-31-20-8-3-18(4-9-20)5-12-23(29)27-13-15-28(16-14-27)25(30)22-17-33-24(26-22)19-6-10-21(32-2)11-7-19/h3-4,6-11,17H,5,12-16H2,1-2H3. The molecule has 4 rings (SSSR count). The molecule has 0 saturated carbocycles. The number of carbonyl (C=O) groups excluding carboxylic acids is 2. The van der Waals surface area contributed by atoms with E-state index in [0.717, 1.165) is 27.6 Å². The van der Waals surface area contributed by atoms with E-state index in [4.69, 9.17) is 9.47 Å². The molecule has 8 heteroatoms. The number of piperazine rings is 1. The third-order valence-electron chi connectivity index (χ3n) is 5.77. The van der Waals surface area contributed by atoms with Gasteiger partial charge in [-0.2, -0.15) is 0 Å². The molecule has 1 saturated heterocycles. The maximum absolute atomic E-state index is 12.9. The minimum atomic E-state index is -0.0867. The third-order valence-corrected chi connectivity index (χ3v) is 6.66. The lowest BCUT2D eigenvalue weighted by molar-refractivity contribution is -0.132. The van der Waals surface area contributed by atoms with Gasteiger partial charge in [0.05, 0.1) is 14.2 Å². The number of nitrogens with zero attached hydrogens (tertiary/aromatic N) is 3. The second-order valence-corrected chi connectivity index (χ2v) is 8.65. The Kier molecular flexibility index (Phi) is 7.24. The van der Waals surface area contributed by atoms with Gasteiger partial charge in [-0.25, -0.2) is 4.98 Å². The smallest absolute Gasteiger partial charge is 0.273 e. The normalized spacial score (nSPS) is 13.6. The highest BCUT2D eigenvalue weighted by atomic mass is 32.1. The van der Waals surface area contributed by atoms with E-state index >= 15 is 0 Å². The number of aryl methyl sites for hydroxylation is 1. The van der Waals surface area contributed by atoms with Crippen molar-refractivity contribution in [3.63, 3.8) is 0 Å². The van der Waals surface area contributed by atoms with Gasteiger partial charge in [0.2, 0.25) is 5.91 Å². The highest BCUT2D eigenvalue weighted by Crippen LogP contribution is 2.26. The fraction of sp³-hybridized carbons (Fsp3) is 0.320. The van der Waals surface area contributed by atoms with Crippen LogP contribution in [0.3, 0.4) is 0 Å². The van der Waals surface area contributed by atoms with Gasteiger partial charge in [0.1, 0.15) is 22.2 Å². The fourth-order valence-corrected chi connectivity index (χ4v) is 4.56. The molecular weight excluding hydrogens is 438 g/mol. The van der Waals surface area contributed by atoms with Crippen molar-refractivity contribution in [2.75, 3.05) is 40.4 Å². The number of benzene rings is 2. The topological polar surface area (TPSA) is 72.0 Å². The lowest BCUT2D eigenvalue weighted by atomic mass is 10.1. The van der Waals surface area contributed by atoms with Crippen LogP contribution in [0.2, 0.25) is 0 Å². The monoisotopic (exact) mass is 465 g/mol. The zero-order valence-electron chi connectivity index (χ0n) is 18.8. The second-order valence-electron chi connectivity index (χ2n) is 7.79. The molecule has 1 aliphatic heterocycles. The van der Waals surface area contributed by atoms with Crippen LogP contribution in [0.25, 0.3) is 10.6 Å². The van der Waals surface area contributed by atoms with Crippen molar-refractivity contribution in [3.05, 3.63) is 65.2 Å². The molecule has 3 aromatic rings. The predicted octanol–water partition coefficient (Wildman–Crippen LogP) is 3.74. The number of carbonyl (C=O) groups is 2. The molecule has 2 amide bonds. The molecule has 0 bridgehead atoms. The Hall–Kier alpha value is -3.39. The summed E-state index contributed by atoms with van der Waals surface area (Å²) in [5.41, 5.74) is 2.51. The molecule has 0 aliphatic carbocycles. The number of amides is 2. The van der Waals surface area contributed by atoms with E-state index in [1.807, 2.05) is 53.4 Å². The average Bonchev–Trinajstić information content (AvgIpc) is 3.37. The van der Waals surface area contributed by atoms with Crippen molar-refractivity contribution in [2.24, 2.45) is 0 Å². The summed E-state index contributed by atoms with van der Waals surface area (Å²) in [6, 6.07) is 15.4. The Balaban J connectivity index is 1.27. The molecular formula is C25H27N3O4S. The molecule has 33 heavy (non-hydrogen) atoms. The van der Waals surface area contributed by atoms with E-state index < -0.39 is 0 Å². The molecule has 0 unspecified atom stereocenters. The Bertz CT molecular complexity index is 1090. The molecule has 172 valence electrons. The summed E-state index contributed by atoms with van der Waals surface area (Å²) < 4.78 is 10.4. The number of hydrogen-bond donors (Lipinski definition) is 0. The van der Waals surface area contributed by atoms with Crippen LogP contribution in [0, 0.1) is 0 Å². The maximum atomic E-state index is 12.9. The highest BCUT2D eigenvalue weighted by Gasteiger charge is 2.26. The van der Waals surface area contributed by atoms with Crippen LogP contribution >= 0.6 is 11.3 Å². The van der Waals surface area contributed by atoms with Crippen LogP contribution in [0.4, 0.5) is 0 Å². The molecule has 7 nitrogen and oxygen atoms in total.